The van der Waals surface area contributed by atoms with Gasteiger partial charge in [-0.25, -0.2) is 13.2 Å². The molecule has 1 aliphatic heterocycles. The molecule has 11 nitrogen and oxygen atoms in total. The van der Waals surface area contributed by atoms with Gasteiger partial charge in [-0.3, -0.25) is 9.59 Å². The number of sulfone groups is 1. The third-order valence-corrected chi connectivity index (χ3v) is 7.82. The van der Waals surface area contributed by atoms with Gasteiger partial charge in [0, 0.05) is 23.3 Å². The summed E-state index contributed by atoms with van der Waals surface area (Å²) >= 11 is 0. The van der Waals surface area contributed by atoms with Crippen LogP contribution in [0.15, 0.2) is 34.3 Å². The second-order valence-electron chi connectivity index (χ2n) is 9.19. The lowest BCUT2D eigenvalue weighted by atomic mass is 9.84. The van der Waals surface area contributed by atoms with Crippen molar-refractivity contribution in [2.45, 2.75) is 68.0 Å². The summed E-state index contributed by atoms with van der Waals surface area (Å²) in [6.45, 7) is 0.0583. The smallest absolute Gasteiger partial charge is 0.328 e. The molecule has 0 spiro atoms. The summed E-state index contributed by atoms with van der Waals surface area (Å²) in [5.41, 5.74) is 9.04. The number of nitrogens with one attached hydrogen (secondary N) is 1. The largest absolute Gasteiger partial charge is 0.467 e. The van der Waals surface area contributed by atoms with Crippen molar-refractivity contribution in [2.24, 2.45) is 11.0 Å². The van der Waals surface area contributed by atoms with E-state index in [4.69, 9.17) is 10.3 Å². The van der Waals surface area contributed by atoms with Gasteiger partial charge in [0.05, 0.1) is 18.0 Å². The van der Waals surface area contributed by atoms with Gasteiger partial charge >= 0.3 is 5.97 Å². The van der Waals surface area contributed by atoms with Crippen LogP contribution in [0.25, 0.3) is 10.4 Å². The van der Waals surface area contributed by atoms with Crippen LogP contribution < -0.4 is 5.32 Å². The first-order valence-electron chi connectivity index (χ1n) is 11.7. The van der Waals surface area contributed by atoms with Crippen molar-refractivity contribution in [3.8, 4) is 0 Å². The average Bonchev–Trinajstić information content (AvgIpc) is 3.27. The van der Waals surface area contributed by atoms with Crippen molar-refractivity contribution in [2.75, 3.05) is 19.9 Å². The first kappa shape index (κ1) is 26.5. The van der Waals surface area contributed by atoms with E-state index in [0.29, 0.717) is 6.42 Å². The zero-order valence-corrected chi connectivity index (χ0v) is 20.7. The maximum absolute atomic E-state index is 13.6. The molecular weight excluding hydrogens is 474 g/mol. The Kier molecular flexibility index (Phi) is 8.74. The third-order valence-electron chi connectivity index (χ3n) is 6.69. The van der Waals surface area contributed by atoms with Crippen molar-refractivity contribution in [3.05, 3.63) is 40.3 Å². The van der Waals surface area contributed by atoms with Crippen LogP contribution in [-0.2, 0) is 24.2 Å². The van der Waals surface area contributed by atoms with Crippen molar-refractivity contribution in [3.63, 3.8) is 0 Å². The lowest BCUT2D eigenvalue weighted by Crippen LogP contribution is -2.52. The van der Waals surface area contributed by atoms with Crippen LogP contribution in [0.2, 0.25) is 0 Å². The molecule has 35 heavy (non-hydrogen) atoms. The van der Waals surface area contributed by atoms with E-state index in [1.165, 1.54) is 36.3 Å². The van der Waals surface area contributed by atoms with E-state index in [1.54, 1.807) is 0 Å². The molecule has 1 N–H and O–H groups in total. The first-order valence-corrected chi connectivity index (χ1v) is 13.6. The normalized spacial score (nSPS) is 21.6. The standard InChI is InChI=1S/C23H31N5O6S/c1-34-23(31)20-13-17(26-27-24)14-28(20)22(30)19(12-15-6-4-3-5-7-15)25-21(29)16-8-10-18(11-9-16)35(2,32)33/h8-11,15,17,19-20H,3-7,12-14H2,1-2H3,(H,25,29)/t17-,19+,20-/m0/s1. The maximum Gasteiger partial charge on any atom is 0.328 e. The number of esters is 1. The Balaban J connectivity index is 1.84. The number of methoxy groups -OCH3 is 1. The number of amides is 2. The number of hydrogen-bond acceptors (Lipinski definition) is 7. The zero-order valence-electron chi connectivity index (χ0n) is 19.9. The number of rotatable bonds is 8. The minimum atomic E-state index is -3.41. The summed E-state index contributed by atoms with van der Waals surface area (Å²) in [5, 5.41) is 6.48. The monoisotopic (exact) mass is 505 g/mol. The molecule has 3 atom stereocenters. The molecule has 1 aromatic carbocycles. The molecule has 0 unspecified atom stereocenters. The number of carbonyl (C=O) groups is 3. The predicted octanol–water partition coefficient (Wildman–Crippen LogP) is 2.61. The van der Waals surface area contributed by atoms with Crippen molar-refractivity contribution in [1.29, 1.82) is 0 Å². The van der Waals surface area contributed by atoms with Crippen molar-refractivity contribution < 1.29 is 27.5 Å². The van der Waals surface area contributed by atoms with E-state index < -0.39 is 45.7 Å². The molecule has 1 heterocycles. The Morgan fingerprint density at radius 2 is 1.86 bits per heavy atom. The van der Waals surface area contributed by atoms with Crippen LogP contribution in [0, 0.1) is 5.92 Å². The van der Waals surface area contributed by atoms with Crippen LogP contribution >= 0.6 is 0 Å². The fraction of sp³-hybridized carbons (Fsp3) is 0.609. The number of nitrogens with zero attached hydrogens (tertiary/aromatic N) is 4. The van der Waals surface area contributed by atoms with E-state index in [0.717, 1.165) is 38.4 Å². The molecule has 190 valence electrons. The number of benzene rings is 1. The lowest BCUT2D eigenvalue weighted by Gasteiger charge is -2.31. The SMILES string of the molecule is COC(=O)[C@@H]1C[C@H](N=[N+]=[N-])CN1C(=O)[C@@H](CC1CCCCC1)NC(=O)c1ccc(S(C)(=O)=O)cc1. The fourth-order valence-electron chi connectivity index (χ4n) is 4.85. The van der Waals surface area contributed by atoms with Crippen molar-refractivity contribution in [1.82, 2.24) is 10.2 Å². The van der Waals surface area contributed by atoms with Gasteiger partial charge < -0.3 is 15.0 Å². The van der Waals surface area contributed by atoms with Crippen LogP contribution in [0.4, 0.5) is 0 Å². The topological polar surface area (TPSA) is 159 Å². The van der Waals surface area contributed by atoms with Crippen LogP contribution in [0.3, 0.4) is 0 Å². The maximum atomic E-state index is 13.6. The Morgan fingerprint density at radius 3 is 2.43 bits per heavy atom. The highest BCUT2D eigenvalue weighted by atomic mass is 32.2. The number of carbonyl (C=O) groups excluding carboxylic acids is 3. The molecule has 1 saturated carbocycles. The highest BCUT2D eigenvalue weighted by Crippen LogP contribution is 2.29. The first-order chi connectivity index (χ1) is 16.6. The molecule has 1 aliphatic carbocycles. The Hall–Kier alpha value is -3.11. The Morgan fingerprint density at radius 1 is 1.20 bits per heavy atom. The Labute approximate surface area is 204 Å². The molecule has 2 aliphatic rings. The molecule has 12 heteroatoms. The third kappa shape index (κ3) is 6.73. The molecule has 0 radical (unpaired) electrons. The molecule has 2 fully saturated rings. The van der Waals surface area contributed by atoms with Crippen molar-refractivity contribution >= 4 is 27.6 Å². The van der Waals surface area contributed by atoms with Gasteiger partial charge in [0.25, 0.3) is 5.91 Å². The Bertz CT molecular complexity index is 1090. The van der Waals surface area contributed by atoms with E-state index in [-0.39, 0.29) is 29.3 Å². The summed E-state index contributed by atoms with van der Waals surface area (Å²) in [5.74, 6) is -1.30. The summed E-state index contributed by atoms with van der Waals surface area (Å²) in [6, 6.07) is 3.14. The van der Waals surface area contributed by atoms with Crippen LogP contribution in [-0.4, -0.2) is 69.1 Å². The molecule has 3 rings (SSSR count). The number of ether oxygens (including phenoxy) is 1. The number of hydrogen-bond donors (Lipinski definition) is 1. The highest BCUT2D eigenvalue weighted by molar-refractivity contribution is 7.90. The molecule has 1 saturated heterocycles. The highest BCUT2D eigenvalue weighted by Gasteiger charge is 2.43. The summed E-state index contributed by atoms with van der Waals surface area (Å²) in [7, 11) is -2.18. The van der Waals surface area contributed by atoms with E-state index in [2.05, 4.69) is 15.3 Å². The quantitative estimate of drug-likeness (QED) is 0.247. The summed E-state index contributed by atoms with van der Waals surface area (Å²) < 4.78 is 28.3. The molecule has 1 aromatic rings. The van der Waals surface area contributed by atoms with Crippen LogP contribution in [0.5, 0.6) is 0 Å². The lowest BCUT2D eigenvalue weighted by molar-refractivity contribution is -0.151. The van der Waals surface area contributed by atoms with Crippen LogP contribution in [0.1, 0.15) is 55.3 Å². The van der Waals surface area contributed by atoms with Gasteiger partial charge in [0.1, 0.15) is 12.1 Å². The van der Waals surface area contributed by atoms with Gasteiger partial charge in [0.2, 0.25) is 5.91 Å². The second kappa shape index (κ2) is 11.5. The fourth-order valence-corrected chi connectivity index (χ4v) is 5.48. The van der Waals surface area contributed by atoms with Gasteiger partial charge in [-0.2, -0.15) is 0 Å². The molecular formula is C23H31N5O6S. The van der Waals surface area contributed by atoms with E-state index >= 15 is 0 Å². The average molecular weight is 506 g/mol. The number of likely N-dealkylation sites (tertiary alicyclic amines) is 1. The van der Waals surface area contributed by atoms with E-state index in [9.17, 15) is 22.8 Å². The predicted molar refractivity (Wildman–Crippen MR) is 127 cm³/mol. The summed E-state index contributed by atoms with van der Waals surface area (Å²) in [6.07, 6.45) is 6.80. The summed E-state index contributed by atoms with van der Waals surface area (Å²) in [4.78, 5) is 43.3. The molecule has 2 amide bonds. The minimum Gasteiger partial charge on any atom is -0.467 e. The zero-order chi connectivity index (χ0) is 25.6. The van der Waals surface area contributed by atoms with Gasteiger partial charge in [-0.1, -0.05) is 37.2 Å². The molecule has 0 bridgehead atoms. The second-order valence-corrected chi connectivity index (χ2v) is 11.2. The van der Waals surface area contributed by atoms with Gasteiger partial charge in [0.15, 0.2) is 9.84 Å². The van der Waals surface area contributed by atoms with Gasteiger partial charge in [-0.05, 0) is 48.6 Å². The number of azide groups is 1. The molecule has 0 aromatic heterocycles. The minimum absolute atomic E-state index is 0.0583. The van der Waals surface area contributed by atoms with E-state index in [1.807, 2.05) is 0 Å². The van der Waals surface area contributed by atoms with Gasteiger partial charge in [-0.15, -0.1) is 0 Å².